The Morgan fingerprint density at radius 3 is 2.59 bits per heavy atom. The number of nitrogens with zero attached hydrogens (tertiary/aromatic N) is 3. The van der Waals surface area contributed by atoms with E-state index in [1.165, 1.54) is 6.07 Å². The minimum absolute atomic E-state index is 0.0221. The van der Waals surface area contributed by atoms with Gasteiger partial charge in [-0.05, 0) is 19.5 Å². The predicted molar refractivity (Wildman–Crippen MR) is 102 cm³/mol. The molecule has 1 aliphatic rings. The molecule has 0 bridgehead atoms. The quantitative estimate of drug-likeness (QED) is 0.707. The molecule has 0 radical (unpaired) electrons. The number of amides is 1. The van der Waals surface area contributed by atoms with Crippen LogP contribution in [0.1, 0.15) is 28.7 Å². The van der Waals surface area contributed by atoms with Gasteiger partial charge in [0.15, 0.2) is 5.58 Å². The minimum atomic E-state index is -0.269. The Morgan fingerprint density at radius 1 is 1.15 bits per heavy atom. The van der Waals surface area contributed by atoms with Gasteiger partial charge >= 0.3 is 0 Å². The molecule has 0 atom stereocenters. The number of rotatable bonds is 4. The van der Waals surface area contributed by atoms with E-state index in [4.69, 9.17) is 4.42 Å². The molecule has 6 heteroatoms. The number of halogens is 1. The number of carbonyl (C=O) groups is 1. The van der Waals surface area contributed by atoms with E-state index in [0.717, 1.165) is 30.9 Å². The molecule has 2 aromatic heterocycles. The first kappa shape index (κ1) is 17.8. The summed E-state index contributed by atoms with van der Waals surface area (Å²) in [5, 5.41) is 0. The van der Waals surface area contributed by atoms with Crippen LogP contribution in [0, 0.1) is 12.7 Å². The third-order valence-corrected chi connectivity index (χ3v) is 5.32. The van der Waals surface area contributed by atoms with Gasteiger partial charge in [-0.1, -0.05) is 25.1 Å². The summed E-state index contributed by atoms with van der Waals surface area (Å²) in [5.41, 5.74) is 2.60. The first-order chi connectivity index (χ1) is 13.1. The highest BCUT2D eigenvalue weighted by Crippen LogP contribution is 2.26. The lowest BCUT2D eigenvalue weighted by molar-refractivity contribution is 0.0633. The number of hydrogen-bond acceptors (Lipinski definition) is 3. The highest BCUT2D eigenvalue weighted by Gasteiger charge is 2.26. The first-order valence-electron chi connectivity index (χ1n) is 9.41. The molecule has 1 saturated heterocycles. The number of benzene rings is 1. The highest BCUT2D eigenvalue weighted by molar-refractivity contribution is 5.97. The maximum Gasteiger partial charge on any atom is 0.270 e. The van der Waals surface area contributed by atoms with Crippen molar-refractivity contribution < 1.29 is 13.6 Å². The number of piperazine rings is 1. The van der Waals surface area contributed by atoms with Gasteiger partial charge in [0.1, 0.15) is 17.3 Å². The van der Waals surface area contributed by atoms with Crippen LogP contribution in [0.3, 0.4) is 0 Å². The zero-order valence-corrected chi connectivity index (χ0v) is 15.7. The number of likely N-dealkylation sites (N-methyl/N-ethyl adjacent to an activating group) is 1. The van der Waals surface area contributed by atoms with Gasteiger partial charge in [0.05, 0.1) is 12.1 Å². The number of furan rings is 1. The molecule has 1 fully saturated rings. The smallest absolute Gasteiger partial charge is 0.270 e. The van der Waals surface area contributed by atoms with Crippen LogP contribution in [-0.2, 0) is 6.54 Å². The summed E-state index contributed by atoms with van der Waals surface area (Å²) in [5.74, 6) is 0.485. The molecular formula is C21H24FN3O2. The van der Waals surface area contributed by atoms with Gasteiger partial charge < -0.3 is 18.8 Å². The number of carbonyl (C=O) groups excluding carboxylic acids is 1. The van der Waals surface area contributed by atoms with Crippen molar-refractivity contribution in [2.24, 2.45) is 0 Å². The summed E-state index contributed by atoms with van der Waals surface area (Å²) < 4.78 is 21.8. The first-order valence-corrected chi connectivity index (χ1v) is 9.41. The minimum Gasteiger partial charge on any atom is -0.460 e. The second-order valence-corrected chi connectivity index (χ2v) is 7.04. The standard InChI is InChI=1S/C21H24FN3O2/c1-3-23-8-10-24(11-9-23)21(26)19-13-20-18(12-15(2)27-20)25(19)14-16-6-4-5-7-17(16)22/h4-7,12-13H,3,8-11,14H2,1-2H3. The summed E-state index contributed by atoms with van der Waals surface area (Å²) in [6, 6.07) is 10.4. The van der Waals surface area contributed by atoms with E-state index < -0.39 is 0 Å². The molecule has 0 saturated carbocycles. The van der Waals surface area contributed by atoms with E-state index in [0.29, 0.717) is 36.5 Å². The van der Waals surface area contributed by atoms with E-state index in [-0.39, 0.29) is 11.7 Å². The van der Waals surface area contributed by atoms with Crippen molar-refractivity contribution in [1.82, 2.24) is 14.4 Å². The third kappa shape index (κ3) is 3.37. The molecule has 1 aliphatic heterocycles. The summed E-state index contributed by atoms with van der Waals surface area (Å²) in [4.78, 5) is 17.4. The van der Waals surface area contributed by atoms with Crippen LogP contribution in [0.2, 0.25) is 0 Å². The molecule has 0 N–H and O–H groups in total. The zero-order valence-electron chi connectivity index (χ0n) is 15.7. The molecule has 0 spiro atoms. The fraction of sp³-hybridized carbons (Fsp3) is 0.381. The van der Waals surface area contributed by atoms with Crippen LogP contribution < -0.4 is 0 Å². The Labute approximate surface area is 158 Å². The van der Waals surface area contributed by atoms with Crippen molar-refractivity contribution in [3.8, 4) is 0 Å². The fourth-order valence-corrected chi connectivity index (χ4v) is 3.74. The summed E-state index contributed by atoms with van der Waals surface area (Å²) in [6.45, 7) is 8.47. The fourth-order valence-electron chi connectivity index (χ4n) is 3.74. The number of aryl methyl sites for hydroxylation is 1. The van der Waals surface area contributed by atoms with E-state index >= 15 is 0 Å². The molecule has 27 heavy (non-hydrogen) atoms. The lowest BCUT2D eigenvalue weighted by Crippen LogP contribution is -2.48. The average Bonchev–Trinajstić information content (AvgIpc) is 3.20. The van der Waals surface area contributed by atoms with Crippen LogP contribution in [0.5, 0.6) is 0 Å². The topological polar surface area (TPSA) is 41.6 Å². The lowest BCUT2D eigenvalue weighted by Gasteiger charge is -2.34. The molecule has 142 valence electrons. The van der Waals surface area contributed by atoms with Crippen LogP contribution in [0.15, 0.2) is 40.8 Å². The Bertz CT molecular complexity index is 967. The van der Waals surface area contributed by atoms with Crippen molar-refractivity contribution >= 4 is 17.0 Å². The molecule has 4 rings (SSSR count). The maximum atomic E-state index is 14.2. The van der Waals surface area contributed by atoms with Crippen molar-refractivity contribution in [1.29, 1.82) is 0 Å². The van der Waals surface area contributed by atoms with E-state index in [1.54, 1.807) is 18.2 Å². The normalized spacial score (nSPS) is 15.6. The summed E-state index contributed by atoms with van der Waals surface area (Å²) in [6.07, 6.45) is 0. The summed E-state index contributed by atoms with van der Waals surface area (Å²) in [7, 11) is 0. The number of aromatic nitrogens is 1. The van der Waals surface area contributed by atoms with Crippen LogP contribution >= 0.6 is 0 Å². The number of hydrogen-bond donors (Lipinski definition) is 0. The lowest BCUT2D eigenvalue weighted by atomic mass is 10.2. The van der Waals surface area contributed by atoms with Gasteiger partial charge in [0.2, 0.25) is 0 Å². The van der Waals surface area contributed by atoms with Gasteiger partial charge in [-0.2, -0.15) is 0 Å². The van der Waals surface area contributed by atoms with Gasteiger partial charge in [0.25, 0.3) is 5.91 Å². The van der Waals surface area contributed by atoms with Gasteiger partial charge in [0, 0.05) is 43.9 Å². The van der Waals surface area contributed by atoms with E-state index in [1.807, 2.05) is 28.5 Å². The molecule has 1 amide bonds. The highest BCUT2D eigenvalue weighted by atomic mass is 19.1. The largest absolute Gasteiger partial charge is 0.460 e. The summed E-state index contributed by atoms with van der Waals surface area (Å²) >= 11 is 0. The molecule has 0 aliphatic carbocycles. The monoisotopic (exact) mass is 369 g/mol. The van der Waals surface area contributed by atoms with E-state index in [9.17, 15) is 9.18 Å². The molecule has 3 aromatic rings. The Balaban J connectivity index is 1.69. The van der Waals surface area contributed by atoms with Gasteiger partial charge in [-0.25, -0.2) is 4.39 Å². The van der Waals surface area contributed by atoms with Crippen LogP contribution in [0.25, 0.3) is 11.1 Å². The molecule has 0 unspecified atom stereocenters. The number of fused-ring (bicyclic) bond motifs is 1. The van der Waals surface area contributed by atoms with Gasteiger partial charge in [-0.15, -0.1) is 0 Å². The van der Waals surface area contributed by atoms with Crippen molar-refractivity contribution in [2.75, 3.05) is 32.7 Å². The van der Waals surface area contributed by atoms with Crippen molar-refractivity contribution in [2.45, 2.75) is 20.4 Å². The van der Waals surface area contributed by atoms with Crippen molar-refractivity contribution in [3.63, 3.8) is 0 Å². The Morgan fingerprint density at radius 2 is 1.89 bits per heavy atom. The van der Waals surface area contributed by atoms with Crippen LogP contribution in [-0.4, -0.2) is 53.0 Å². The zero-order chi connectivity index (χ0) is 19.0. The second kappa shape index (κ2) is 7.19. The average molecular weight is 369 g/mol. The third-order valence-electron chi connectivity index (χ3n) is 5.32. The molecule has 5 nitrogen and oxygen atoms in total. The maximum absolute atomic E-state index is 14.2. The Kier molecular flexibility index (Phi) is 4.74. The van der Waals surface area contributed by atoms with Gasteiger partial charge in [-0.3, -0.25) is 4.79 Å². The Hall–Kier alpha value is -2.60. The predicted octanol–water partition coefficient (Wildman–Crippen LogP) is 3.51. The molecule has 1 aromatic carbocycles. The molecular weight excluding hydrogens is 345 g/mol. The second-order valence-electron chi connectivity index (χ2n) is 7.04. The SMILES string of the molecule is CCN1CCN(C(=O)c2cc3oc(C)cc3n2Cc2ccccc2F)CC1. The van der Waals surface area contributed by atoms with Crippen molar-refractivity contribution in [3.05, 3.63) is 59.2 Å². The van der Waals surface area contributed by atoms with E-state index in [2.05, 4.69) is 11.8 Å². The molecule has 3 heterocycles. The van der Waals surface area contributed by atoms with Crippen LogP contribution in [0.4, 0.5) is 4.39 Å².